The first-order valence-electron chi connectivity index (χ1n) is 5.07. The Morgan fingerprint density at radius 3 is 2.53 bits per heavy atom. The minimum atomic E-state index is -0.322. The van der Waals surface area contributed by atoms with E-state index >= 15 is 0 Å². The van der Waals surface area contributed by atoms with Crippen molar-refractivity contribution in [2.45, 2.75) is 20.3 Å². The van der Waals surface area contributed by atoms with Crippen LogP contribution in [0.5, 0.6) is 5.75 Å². The summed E-state index contributed by atoms with van der Waals surface area (Å²) in [6, 6.07) is 7.55. The Labute approximate surface area is 90.0 Å². The molecule has 0 radical (unpaired) electrons. The van der Waals surface area contributed by atoms with Crippen LogP contribution >= 0.6 is 0 Å². The van der Waals surface area contributed by atoms with Crippen LogP contribution in [0, 0.1) is 6.92 Å². The van der Waals surface area contributed by atoms with Crippen LogP contribution in [-0.2, 0) is 9.53 Å². The van der Waals surface area contributed by atoms with Crippen LogP contribution in [0.15, 0.2) is 24.3 Å². The Balaban J connectivity index is 2.30. The molecule has 0 aliphatic rings. The molecule has 0 aliphatic carbocycles. The van der Waals surface area contributed by atoms with Gasteiger partial charge in [0.1, 0.15) is 5.75 Å². The third-order valence-electron chi connectivity index (χ3n) is 1.84. The van der Waals surface area contributed by atoms with Crippen molar-refractivity contribution in [3.05, 3.63) is 29.8 Å². The molecule has 0 aromatic heterocycles. The number of hydrogen-bond donors (Lipinski definition) is 0. The van der Waals surface area contributed by atoms with Gasteiger partial charge < -0.3 is 9.47 Å². The Bertz CT molecular complexity index is 303. The standard InChI is InChI=1S/C12H16O3/c1-3-8-14-12(13)9-15-11-6-4-10(2)5-7-11/h4-7H,3,8-9H2,1-2H3. The second kappa shape index (κ2) is 6.06. The van der Waals surface area contributed by atoms with E-state index in [-0.39, 0.29) is 12.6 Å². The fourth-order valence-electron chi connectivity index (χ4n) is 1.03. The zero-order chi connectivity index (χ0) is 11.1. The average molecular weight is 208 g/mol. The summed E-state index contributed by atoms with van der Waals surface area (Å²) in [7, 11) is 0. The summed E-state index contributed by atoms with van der Waals surface area (Å²) in [5, 5.41) is 0. The molecule has 0 unspecified atom stereocenters. The molecule has 0 amide bonds. The molecule has 0 aliphatic heterocycles. The molecular formula is C12H16O3. The van der Waals surface area contributed by atoms with Gasteiger partial charge in [-0.1, -0.05) is 24.6 Å². The molecule has 0 saturated carbocycles. The SMILES string of the molecule is CCCOC(=O)COc1ccc(C)cc1. The van der Waals surface area contributed by atoms with Gasteiger partial charge in [-0.05, 0) is 25.5 Å². The monoisotopic (exact) mass is 208 g/mol. The van der Waals surface area contributed by atoms with E-state index in [4.69, 9.17) is 9.47 Å². The summed E-state index contributed by atoms with van der Waals surface area (Å²) in [6.07, 6.45) is 0.830. The van der Waals surface area contributed by atoms with Crippen molar-refractivity contribution >= 4 is 5.97 Å². The maximum Gasteiger partial charge on any atom is 0.344 e. The normalized spacial score (nSPS) is 9.73. The van der Waals surface area contributed by atoms with Gasteiger partial charge in [0, 0.05) is 0 Å². The number of carbonyl (C=O) groups is 1. The molecule has 0 heterocycles. The molecule has 0 N–H and O–H groups in total. The van der Waals surface area contributed by atoms with Gasteiger partial charge in [0.25, 0.3) is 0 Å². The highest BCUT2D eigenvalue weighted by atomic mass is 16.6. The highest BCUT2D eigenvalue weighted by Crippen LogP contribution is 2.11. The van der Waals surface area contributed by atoms with Crippen molar-refractivity contribution in [3.8, 4) is 5.75 Å². The van der Waals surface area contributed by atoms with E-state index in [1.54, 1.807) is 0 Å². The van der Waals surface area contributed by atoms with E-state index in [1.807, 2.05) is 38.1 Å². The summed E-state index contributed by atoms with van der Waals surface area (Å²) in [5.41, 5.74) is 1.16. The first-order chi connectivity index (χ1) is 7.22. The lowest BCUT2D eigenvalue weighted by Crippen LogP contribution is -2.15. The zero-order valence-corrected chi connectivity index (χ0v) is 9.16. The maximum atomic E-state index is 11.1. The molecule has 0 atom stereocenters. The summed E-state index contributed by atoms with van der Waals surface area (Å²) < 4.78 is 10.1. The van der Waals surface area contributed by atoms with Gasteiger partial charge in [-0.15, -0.1) is 0 Å². The first kappa shape index (κ1) is 11.6. The van der Waals surface area contributed by atoms with Crippen molar-refractivity contribution in [2.75, 3.05) is 13.2 Å². The van der Waals surface area contributed by atoms with Gasteiger partial charge in [-0.25, -0.2) is 4.79 Å². The van der Waals surface area contributed by atoms with E-state index < -0.39 is 0 Å². The van der Waals surface area contributed by atoms with E-state index in [1.165, 1.54) is 0 Å². The molecule has 1 aromatic carbocycles. The van der Waals surface area contributed by atoms with Gasteiger partial charge in [0.15, 0.2) is 6.61 Å². The molecule has 0 saturated heterocycles. The highest BCUT2D eigenvalue weighted by Gasteiger charge is 2.02. The van der Waals surface area contributed by atoms with Gasteiger partial charge in [0.2, 0.25) is 0 Å². The average Bonchev–Trinajstić information content (AvgIpc) is 2.25. The number of esters is 1. The molecule has 0 fully saturated rings. The Morgan fingerprint density at radius 1 is 1.27 bits per heavy atom. The van der Waals surface area contributed by atoms with Gasteiger partial charge in [-0.2, -0.15) is 0 Å². The van der Waals surface area contributed by atoms with Crippen LogP contribution in [0.3, 0.4) is 0 Å². The summed E-state index contributed by atoms with van der Waals surface area (Å²) >= 11 is 0. The molecule has 15 heavy (non-hydrogen) atoms. The zero-order valence-electron chi connectivity index (χ0n) is 9.16. The van der Waals surface area contributed by atoms with Crippen molar-refractivity contribution in [1.29, 1.82) is 0 Å². The molecular weight excluding hydrogens is 192 g/mol. The minimum Gasteiger partial charge on any atom is -0.482 e. The fraction of sp³-hybridized carbons (Fsp3) is 0.417. The minimum absolute atomic E-state index is 0.0247. The summed E-state index contributed by atoms with van der Waals surface area (Å²) in [4.78, 5) is 11.1. The molecule has 1 aromatic rings. The van der Waals surface area contributed by atoms with E-state index in [0.717, 1.165) is 12.0 Å². The van der Waals surface area contributed by atoms with Gasteiger partial charge in [0.05, 0.1) is 6.61 Å². The van der Waals surface area contributed by atoms with Crippen molar-refractivity contribution in [2.24, 2.45) is 0 Å². The summed E-state index contributed by atoms with van der Waals surface area (Å²) in [6.45, 7) is 4.38. The highest BCUT2D eigenvalue weighted by molar-refractivity contribution is 5.71. The Kier molecular flexibility index (Phi) is 4.68. The Morgan fingerprint density at radius 2 is 1.93 bits per heavy atom. The number of rotatable bonds is 5. The third kappa shape index (κ3) is 4.49. The molecule has 0 spiro atoms. The predicted molar refractivity (Wildman–Crippen MR) is 57.9 cm³/mol. The van der Waals surface area contributed by atoms with Crippen LogP contribution in [0.4, 0.5) is 0 Å². The number of benzene rings is 1. The van der Waals surface area contributed by atoms with Crippen molar-refractivity contribution in [1.82, 2.24) is 0 Å². The lowest BCUT2D eigenvalue weighted by Gasteiger charge is -2.06. The van der Waals surface area contributed by atoms with Crippen molar-refractivity contribution in [3.63, 3.8) is 0 Å². The third-order valence-corrected chi connectivity index (χ3v) is 1.84. The van der Waals surface area contributed by atoms with Crippen LogP contribution in [0.1, 0.15) is 18.9 Å². The van der Waals surface area contributed by atoms with Crippen LogP contribution in [-0.4, -0.2) is 19.2 Å². The number of aryl methyl sites for hydroxylation is 1. The first-order valence-corrected chi connectivity index (χ1v) is 5.07. The lowest BCUT2D eigenvalue weighted by molar-refractivity contribution is -0.146. The van der Waals surface area contributed by atoms with Gasteiger partial charge in [-0.3, -0.25) is 0 Å². The number of ether oxygens (including phenoxy) is 2. The maximum absolute atomic E-state index is 11.1. The van der Waals surface area contributed by atoms with E-state index in [2.05, 4.69) is 0 Å². The Hall–Kier alpha value is -1.51. The second-order valence-corrected chi connectivity index (χ2v) is 3.32. The van der Waals surface area contributed by atoms with Gasteiger partial charge >= 0.3 is 5.97 Å². The molecule has 0 bridgehead atoms. The topological polar surface area (TPSA) is 35.5 Å². The number of carbonyl (C=O) groups excluding carboxylic acids is 1. The smallest absolute Gasteiger partial charge is 0.344 e. The molecule has 1 rings (SSSR count). The largest absolute Gasteiger partial charge is 0.482 e. The lowest BCUT2D eigenvalue weighted by atomic mass is 10.2. The molecule has 3 heteroatoms. The predicted octanol–water partition coefficient (Wildman–Crippen LogP) is 2.33. The second-order valence-electron chi connectivity index (χ2n) is 3.32. The number of hydrogen-bond acceptors (Lipinski definition) is 3. The van der Waals surface area contributed by atoms with Crippen LogP contribution in [0.25, 0.3) is 0 Å². The van der Waals surface area contributed by atoms with Crippen LogP contribution in [0.2, 0.25) is 0 Å². The molecule has 82 valence electrons. The van der Waals surface area contributed by atoms with E-state index in [0.29, 0.717) is 12.4 Å². The van der Waals surface area contributed by atoms with E-state index in [9.17, 15) is 4.79 Å². The summed E-state index contributed by atoms with van der Waals surface area (Å²) in [5.74, 6) is 0.367. The molecule has 3 nitrogen and oxygen atoms in total. The van der Waals surface area contributed by atoms with Crippen LogP contribution < -0.4 is 4.74 Å². The quantitative estimate of drug-likeness (QED) is 0.697. The van der Waals surface area contributed by atoms with Crippen molar-refractivity contribution < 1.29 is 14.3 Å². The fourth-order valence-corrected chi connectivity index (χ4v) is 1.03.